The van der Waals surface area contributed by atoms with Gasteiger partial charge in [0.2, 0.25) is 0 Å². The van der Waals surface area contributed by atoms with Gasteiger partial charge in [-0.25, -0.2) is 4.79 Å². The zero-order valence-corrected chi connectivity index (χ0v) is 15.4. The number of amides is 1. The molecule has 28 heavy (non-hydrogen) atoms. The Balaban J connectivity index is 1.84. The molecule has 0 spiro atoms. The Kier molecular flexibility index (Phi) is 7.03. The molecule has 0 saturated heterocycles. The Morgan fingerprint density at radius 2 is 1.79 bits per heavy atom. The predicted octanol–water partition coefficient (Wildman–Crippen LogP) is 4.22. The maximum atomic E-state index is 12.7. The summed E-state index contributed by atoms with van der Waals surface area (Å²) in [5.74, 6) is -1.53. The van der Waals surface area contributed by atoms with E-state index in [4.69, 9.17) is 9.47 Å². The Hall–Kier alpha value is -3.03. The number of carbonyl (C=O) groups excluding carboxylic acids is 2. The summed E-state index contributed by atoms with van der Waals surface area (Å²) in [6.07, 6.45) is -4.74. The van der Waals surface area contributed by atoms with Gasteiger partial charge in [-0.3, -0.25) is 4.79 Å². The third kappa shape index (κ3) is 6.29. The molecule has 0 heterocycles. The van der Waals surface area contributed by atoms with Crippen LogP contribution in [0.3, 0.4) is 0 Å². The highest BCUT2D eigenvalue weighted by Crippen LogP contribution is 2.31. The van der Waals surface area contributed by atoms with Gasteiger partial charge < -0.3 is 14.8 Å². The molecule has 0 radical (unpaired) electrons. The van der Waals surface area contributed by atoms with E-state index in [9.17, 15) is 22.8 Å². The molecule has 0 bridgehead atoms. The summed E-state index contributed by atoms with van der Waals surface area (Å²) in [5.41, 5.74) is 0.787. The fourth-order valence-electron chi connectivity index (χ4n) is 2.26. The van der Waals surface area contributed by atoms with E-state index in [-0.39, 0.29) is 5.75 Å². The van der Waals surface area contributed by atoms with Crippen molar-refractivity contribution >= 4 is 17.6 Å². The minimum absolute atomic E-state index is 0.125. The molecule has 0 saturated carbocycles. The lowest BCUT2D eigenvalue weighted by molar-refractivity contribution is -0.155. The van der Waals surface area contributed by atoms with Crippen molar-refractivity contribution < 1.29 is 32.2 Å². The second-order valence-corrected chi connectivity index (χ2v) is 5.99. The lowest BCUT2D eigenvalue weighted by Crippen LogP contribution is -2.31. The summed E-state index contributed by atoms with van der Waals surface area (Å²) in [7, 11) is 0. The molecule has 1 amide bonds. The zero-order valence-electron chi connectivity index (χ0n) is 15.4. The summed E-state index contributed by atoms with van der Waals surface area (Å²) in [4.78, 5) is 23.9. The quantitative estimate of drug-likeness (QED) is 0.713. The maximum Gasteiger partial charge on any atom is 0.416 e. The first kappa shape index (κ1) is 21.3. The molecule has 2 aromatic rings. The maximum absolute atomic E-state index is 12.7. The van der Waals surface area contributed by atoms with E-state index in [2.05, 4.69) is 5.32 Å². The number of benzene rings is 2. The van der Waals surface area contributed by atoms with Crippen LogP contribution >= 0.6 is 0 Å². The summed E-state index contributed by atoms with van der Waals surface area (Å²) >= 11 is 0. The molecule has 0 fully saturated rings. The van der Waals surface area contributed by atoms with E-state index in [1.54, 1.807) is 12.1 Å². The van der Waals surface area contributed by atoms with E-state index < -0.39 is 36.3 Å². The normalized spacial score (nSPS) is 12.2. The van der Waals surface area contributed by atoms with Crippen molar-refractivity contribution in [1.29, 1.82) is 0 Å². The second-order valence-electron chi connectivity index (χ2n) is 5.99. The van der Waals surface area contributed by atoms with E-state index in [1.165, 1.54) is 19.1 Å². The molecule has 0 aliphatic rings. The van der Waals surface area contributed by atoms with Crippen molar-refractivity contribution in [3.05, 3.63) is 59.7 Å². The smallest absolute Gasteiger partial charge is 0.416 e. The average molecular weight is 395 g/mol. The first-order chi connectivity index (χ1) is 13.2. The number of anilines is 1. The number of esters is 1. The van der Waals surface area contributed by atoms with Crippen molar-refractivity contribution in [2.45, 2.75) is 32.5 Å². The number of hydrogen-bond acceptors (Lipinski definition) is 4. The number of alkyl halides is 3. The van der Waals surface area contributed by atoms with Gasteiger partial charge in [0.15, 0.2) is 12.7 Å². The third-order valence-electron chi connectivity index (χ3n) is 3.83. The minimum Gasteiger partial charge on any atom is -0.482 e. The lowest BCUT2D eigenvalue weighted by Gasteiger charge is -2.14. The summed E-state index contributed by atoms with van der Waals surface area (Å²) in [5, 5.41) is 2.61. The predicted molar refractivity (Wildman–Crippen MR) is 96.9 cm³/mol. The van der Waals surface area contributed by atoms with Gasteiger partial charge in [-0.15, -0.1) is 0 Å². The van der Waals surface area contributed by atoms with Crippen LogP contribution in [0.2, 0.25) is 0 Å². The van der Waals surface area contributed by atoms with Crippen molar-refractivity contribution in [3.63, 3.8) is 0 Å². The molecule has 0 aromatic heterocycles. The number of carbonyl (C=O) groups is 2. The summed E-state index contributed by atoms with van der Waals surface area (Å²) < 4.78 is 47.9. The van der Waals surface area contributed by atoms with Crippen LogP contribution in [0.4, 0.5) is 18.9 Å². The van der Waals surface area contributed by atoms with Crippen LogP contribution in [0.15, 0.2) is 48.5 Å². The highest BCUT2D eigenvalue weighted by Gasteiger charge is 2.30. The van der Waals surface area contributed by atoms with Crippen molar-refractivity contribution in [3.8, 4) is 5.75 Å². The molecule has 5 nitrogen and oxygen atoms in total. The van der Waals surface area contributed by atoms with Crippen molar-refractivity contribution in [2.75, 3.05) is 11.9 Å². The minimum atomic E-state index is -4.51. The molecule has 2 aromatic carbocycles. The molecule has 2 rings (SSSR count). The van der Waals surface area contributed by atoms with Gasteiger partial charge >= 0.3 is 12.1 Å². The van der Waals surface area contributed by atoms with Gasteiger partial charge in [0, 0.05) is 5.69 Å². The standard InChI is InChI=1S/C20H20F3NO4/c1-3-14-7-9-16(10-8-14)24-19(26)13(2)28-18(25)12-27-17-6-4-5-15(11-17)20(21,22)23/h4-11,13H,3,12H2,1-2H3,(H,24,26)/t13-/m0/s1. The Labute approximate surface area is 160 Å². The number of halogens is 3. The Morgan fingerprint density at radius 3 is 2.39 bits per heavy atom. The van der Waals surface area contributed by atoms with Gasteiger partial charge in [-0.05, 0) is 49.2 Å². The SMILES string of the molecule is CCc1ccc(NC(=O)[C@H](C)OC(=O)COc2cccc(C(F)(F)F)c2)cc1. The van der Waals surface area contributed by atoms with Crippen LogP contribution in [-0.4, -0.2) is 24.6 Å². The molecular weight excluding hydrogens is 375 g/mol. The van der Waals surface area contributed by atoms with Crippen molar-refractivity contribution in [2.24, 2.45) is 0 Å². The molecule has 1 N–H and O–H groups in total. The number of nitrogens with one attached hydrogen (secondary N) is 1. The van der Waals surface area contributed by atoms with Crippen LogP contribution in [0, 0.1) is 0 Å². The molecule has 0 aliphatic carbocycles. The van der Waals surface area contributed by atoms with E-state index in [0.717, 1.165) is 24.1 Å². The van der Waals surface area contributed by atoms with Crippen LogP contribution in [0.25, 0.3) is 0 Å². The summed E-state index contributed by atoms with van der Waals surface area (Å²) in [6, 6.07) is 11.4. The molecular formula is C20H20F3NO4. The number of aryl methyl sites for hydroxylation is 1. The first-order valence-corrected chi connectivity index (χ1v) is 8.58. The zero-order chi connectivity index (χ0) is 20.7. The van der Waals surface area contributed by atoms with Gasteiger partial charge in [-0.2, -0.15) is 13.2 Å². The number of rotatable bonds is 7. The van der Waals surface area contributed by atoms with Crippen LogP contribution in [-0.2, 0) is 26.9 Å². The van der Waals surface area contributed by atoms with Gasteiger partial charge in [0.1, 0.15) is 5.75 Å². The van der Waals surface area contributed by atoms with Gasteiger partial charge in [0.05, 0.1) is 5.56 Å². The van der Waals surface area contributed by atoms with Crippen molar-refractivity contribution in [1.82, 2.24) is 0 Å². The highest BCUT2D eigenvalue weighted by atomic mass is 19.4. The monoisotopic (exact) mass is 395 g/mol. The highest BCUT2D eigenvalue weighted by molar-refractivity contribution is 5.95. The number of ether oxygens (including phenoxy) is 2. The van der Waals surface area contributed by atoms with E-state index in [1.807, 2.05) is 19.1 Å². The Bertz CT molecular complexity index is 819. The fraction of sp³-hybridized carbons (Fsp3) is 0.300. The lowest BCUT2D eigenvalue weighted by atomic mass is 10.1. The van der Waals surface area contributed by atoms with Crippen LogP contribution in [0.1, 0.15) is 25.0 Å². The average Bonchev–Trinajstić information content (AvgIpc) is 2.66. The van der Waals surface area contributed by atoms with Crippen LogP contribution < -0.4 is 10.1 Å². The molecule has 0 aliphatic heterocycles. The fourth-order valence-corrected chi connectivity index (χ4v) is 2.26. The van der Waals surface area contributed by atoms with E-state index in [0.29, 0.717) is 5.69 Å². The number of hydrogen-bond donors (Lipinski definition) is 1. The third-order valence-corrected chi connectivity index (χ3v) is 3.83. The van der Waals surface area contributed by atoms with Gasteiger partial charge in [0.25, 0.3) is 5.91 Å². The molecule has 0 unspecified atom stereocenters. The molecule has 8 heteroatoms. The summed E-state index contributed by atoms with van der Waals surface area (Å²) in [6.45, 7) is 2.78. The second kappa shape index (κ2) is 9.25. The van der Waals surface area contributed by atoms with Gasteiger partial charge in [-0.1, -0.05) is 25.1 Å². The Morgan fingerprint density at radius 1 is 1.11 bits per heavy atom. The molecule has 150 valence electrons. The van der Waals surface area contributed by atoms with E-state index >= 15 is 0 Å². The van der Waals surface area contributed by atoms with Crippen LogP contribution in [0.5, 0.6) is 5.75 Å². The largest absolute Gasteiger partial charge is 0.482 e. The topological polar surface area (TPSA) is 64.6 Å². The molecule has 1 atom stereocenters. The first-order valence-electron chi connectivity index (χ1n) is 8.58.